The number of ether oxygens (including phenoxy) is 1. The summed E-state index contributed by atoms with van der Waals surface area (Å²) in [5.41, 5.74) is 3.35. The first kappa shape index (κ1) is 21.2. The average Bonchev–Trinajstić information content (AvgIpc) is 3.06. The van der Waals surface area contributed by atoms with E-state index >= 15 is 0 Å². The molecule has 0 bridgehead atoms. The molecule has 1 N–H and O–H groups in total. The van der Waals surface area contributed by atoms with E-state index in [2.05, 4.69) is 17.2 Å². The van der Waals surface area contributed by atoms with Crippen molar-refractivity contribution in [3.05, 3.63) is 41.1 Å². The van der Waals surface area contributed by atoms with Crippen LogP contribution in [0.15, 0.2) is 40.7 Å². The van der Waals surface area contributed by atoms with Gasteiger partial charge in [-0.3, -0.25) is 0 Å². The first-order valence-electron chi connectivity index (χ1n) is 9.87. The zero-order valence-electron chi connectivity index (χ0n) is 17.9. The number of nitrogens with zero attached hydrogens (tertiary/aromatic N) is 4. The van der Waals surface area contributed by atoms with E-state index in [0.717, 1.165) is 29.1 Å². The molecule has 1 aliphatic heterocycles. The third kappa shape index (κ3) is 4.58. The van der Waals surface area contributed by atoms with Gasteiger partial charge < -0.3 is 15.0 Å². The average molecular weight is 416 g/mol. The van der Waals surface area contributed by atoms with Gasteiger partial charge >= 0.3 is 5.97 Å². The minimum absolute atomic E-state index is 0.201. The molecule has 1 aromatic carbocycles. The summed E-state index contributed by atoms with van der Waals surface area (Å²) in [4.78, 5) is 19.6. The van der Waals surface area contributed by atoms with Crippen LogP contribution in [-0.2, 0) is 9.53 Å². The Bertz CT molecular complexity index is 902. The molecule has 2 aromatic rings. The number of aromatic nitrogens is 3. The quantitative estimate of drug-likeness (QED) is 0.539. The molecule has 0 spiro atoms. The summed E-state index contributed by atoms with van der Waals surface area (Å²) in [5.74, 6) is 1.25. The van der Waals surface area contributed by atoms with Crippen molar-refractivity contribution in [1.29, 1.82) is 0 Å². The van der Waals surface area contributed by atoms with Gasteiger partial charge in [0.25, 0.3) is 0 Å². The largest absolute Gasteiger partial charge is 0.459 e. The van der Waals surface area contributed by atoms with E-state index in [1.54, 1.807) is 16.4 Å². The van der Waals surface area contributed by atoms with Crippen LogP contribution in [0.3, 0.4) is 0 Å². The Balaban J connectivity index is 2.07. The van der Waals surface area contributed by atoms with Crippen molar-refractivity contribution in [3.8, 4) is 0 Å². The number of hydrogen-bond acceptors (Lipinski definition) is 7. The molecule has 1 atom stereocenters. The van der Waals surface area contributed by atoms with Gasteiger partial charge in [0, 0.05) is 31.2 Å². The summed E-state index contributed by atoms with van der Waals surface area (Å²) in [7, 11) is 4.00. The van der Waals surface area contributed by atoms with Crippen molar-refractivity contribution in [2.75, 3.05) is 30.1 Å². The maximum atomic E-state index is 13.0. The number of anilines is 2. The maximum absolute atomic E-state index is 13.0. The molecule has 0 fully saturated rings. The second-order valence-electron chi connectivity index (χ2n) is 7.52. The Morgan fingerprint density at radius 1 is 1.31 bits per heavy atom. The van der Waals surface area contributed by atoms with Gasteiger partial charge in [-0.25, -0.2) is 9.48 Å². The Morgan fingerprint density at radius 2 is 2.00 bits per heavy atom. The van der Waals surface area contributed by atoms with E-state index in [1.165, 1.54) is 0 Å². The van der Waals surface area contributed by atoms with Crippen molar-refractivity contribution in [2.45, 2.75) is 51.4 Å². The summed E-state index contributed by atoms with van der Waals surface area (Å²) in [6.45, 7) is 7.72. The number of allylic oxidation sites excluding steroid dienone is 1. The number of fused-ring (bicyclic) bond motifs is 1. The summed E-state index contributed by atoms with van der Waals surface area (Å²) in [6.07, 6.45) is 0.841. The molecule has 156 valence electrons. The van der Waals surface area contributed by atoms with Gasteiger partial charge in [0.05, 0.1) is 11.7 Å². The fourth-order valence-corrected chi connectivity index (χ4v) is 3.87. The first-order valence-corrected chi connectivity index (χ1v) is 10.9. The molecule has 3 rings (SSSR count). The highest BCUT2D eigenvalue weighted by atomic mass is 32.2. The molecule has 29 heavy (non-hydrogen) atoms. The SMILES string of the molecule is CCCSc1nc2n(n1)C(c1ccc(N(C)C)cc1)C(C(=O)OC(C)C)=C(C)N2. The lowest BCUT2D eigenvalue weighted by Crippen LogP contribution is -2.30. The van der Waals surface area contributed by atoms with Crippen molar-refractivity contribution in [1.82, 2.24) is 14.8 Å². The number of nitrogens with one attached hydrogen (secondary N) is 1. The molecular weight excluding hydrogens is 386 g/mol. The molecule has 0 amide bonds. The molecule has 1 unspecified atom stereocenters. The molecule has 0 saturated heterocycles. The fraction of sp³-hybridized carbons (Fsp3) is 0.476. The molecular formula is C21H29N5O2S. The highest BCUT2D eigenvalue weighted by molar-refractivity contribution is 7.99. The van der Waals surface area contributed by atoms with Crippen LogP contribution in [-0.4, -0.2) is 46.7 Å². The van der Waals surface area contributed by atoms with Crippen LogP contribution in [0.25, 0.3) is 0 Å². The number of benzene rings is 1. The first-order chi connectivity index (χ1) is 13.8. The fourth-order valence-electron chi connectivity index (χ4n) is 3.19. The number of rotatable bonds is 7. The van der Waals surface area contributed by atoms with E-state index in [1.807, 2.05) is 64.0 Å². The van der Waals surface area contributed by atoms with Crippen LogP contribution in [0.2, 0.25) is 0 Å². The lowest BCUT2D eigenvalue weighted by atomic mass is 9.95. The molecule has 7 nitrogen and oxygen atoms in total. The predicted octanol–water partition coefficient (Wildman–Crippen LogP) is 4.09. The van der Waals surface area contributed by atoms with E-state index in [4.69, 9.17) is 9.84 Å². The highest BCUT2D eigenvalue weighted by Crippen LogP contribution is 2.37. The number of hydrogen-bond donors (Lipinski definition) is 1. The molecule has 0 radical (unpaired) electrons. The van der Waals surface area contributed by atoms with Crippen LogP contribution >= 0.6 is 11.8 Å². The van der Waals surface area contributed by atoms with E-state index < -0.39 is 6.04 Å². The minimum Gasteiger partial charge on any atom is -0.459 e. The third-order valence-corrected chi connectivity index (χ3v) is 5.60. The monoisotopic (exact) mass is 415 g/mol. The number of esters is 1. The Hall–Kier alpha value is -2.48. The summed E-state index contributed by atoms with van der Waals surface area (Å²) >= 11 is 1.61. The highest BCUT2D eigenvalue weighted by Gasteiger charge is 2.35. The van der Waals surface area contributed by atoms with Gasteiger partial charge in [-0.05, 0) is 44.9 Å². The molecule has 0 aliphatic carbocycles. The smallest absolute Gasteiger partial charge is 0.338 e. The standard InChI is InChI=1S/C21H29N5O2S/c1-7-12-29-21-23-20-22-14(4)17(19(27)28-13(2)3)18(26(20)24-21)15-8-10-16(11-9-15)25(5)6/h8-11,13,18H,7,12H2,1-6H3,(H,22,23,24). The van der Waals surface area contributed by atoms with Gasteiger partial charge in [-0.15, -0.1) is 5.10 Å². The van der Waals surface area contributed by atoms with E-state index in [-0.39, 0.29) is 12.1 Å². The van der Waals surface area contributed by atoms with Crippen molar-refractivity contribution >= 4 is 29.4 Å². The topological polar surface area (TPSA) is 72.3 Å². The van der Waals surface area contributed by atoms with Gasteiger partial charge in [-0.1, -0.05) is 30.8 Å². The molecule has 0 saturated carbocycles. The Kier molecular flexibility index (Phi) is 6.52. The van der Waals surface area contributed by atoms with Crippen LogP contribution in [0.5, 0.6) is 0 Å². The van der Waals surface area contributed by atoms with E-state index in [9.17, 15) is 4.79 Å². The third-order valence-electron chi connectivity index (χ3n) is 4.56. The lowest BCUT2D eigenvalue weighted by Gasteiger charge is -2.28. The molecule has 8 heteroatoms. The van der Waals surface area contributed by atoms with Crippen LogP contribution in [0.1, 0.15) is 45.7 Å². The Labute approximate surface area is 176 Å². The van der Waals surface area contributed by atoms with Gasteiger partial charge in [-0.2, -0.15) is 4.98 Å². The number of carbonyl (C=O) groups excluding carboxylic acids is 1. The molecule has 2 heterocycles. The normalized spacial score (nSPS) is 15.9. The minimum atomic E-state index is -0.391. The van der Waals surface area contributed by atoms with Crippen LogP contribution in [0, 0.1) is 0 Å². The Morgan fingerprint density at radius 3 is 2.59 bits per heavy atom. The van der Waals surface area contributed by atoms with Crippen molar-refractivity contribution in [3.63, 3.8) is 0 Å². The second kappa shape index (κ2) is 8.90. The molecule has 1 aromatic heterocycles. The summed E-state index contributed by atoms with van der Waals surface area (Å²) in [6, 6.07) is 7.76. The summed E-state index contributed by atoms with van der Waals surface area (Å²) in [5, 5.41) is 8.64. The zero-order chi connectivity index (χ0) is 21.1. The van der Waals surface area contributed by atoms with Crippen LogP contribution in [0.4, 0.5) is 11.6 Å². The zero-order valence-corrected chi connectivity index (χ0v) is 18.7. The second-order valence-corrected chi connectivity index (χ2v) is 8.58. The van der Waals surface area contributed by atoms with E-state index in [0.29, 0.717) is 16.7 Å². The predicted molar refractivity (Wildman–Crippen MR) is 117 cm³/mol. The number of carbonyl (C=O) groups is 1. The molecule has 1 aliphatic rings. The number of thioether (sulfide) groups is 1. The van der Waals surface area contributed by atoms with Crippen molar-refractivity contribution in [2.24, 2.45) is 0 Å². The van der Waals surface area contributed by atoms with Crippen LogP contribution < -0.4 is 10.2 Å². The van der Waals surface area contributed by atoms with Crippen molar-refractivity contribution < 1.29 is 9.53 Å². The lowest BCUT2D eigenvalue weighted by molar-refractivity contribution is -0.143. The van der Waals surface area contributed by atoms with Gasteiger partial charge in [0.15, 0.2) is 0 Å². The van der Waals surface area contributed by atoms with Gasteiger partial charge in [0.2, 0.25) is 11.1 Å². The summed E-state index contributed by atoms with van der Waals surface area (Å²) < 4.78 is 7.35. The van der Waals surface area contributed by atoms with Gasteiger partial charge in [0.1, 0.15) is 6.04 Å². The maximum Gasteiger partial charge on any atom is 0.338 e.